The summed E-state index contributed by atoms with van der Waals surface area (Å²) in [6.45, 7) is 5.31. The summed E-state index contributed by atoms with van der Waals surface area (Å²) >= 11 is 0. The Kier molecular flexibility index (Phi) is 5.97. The average molecular weight is 406 g/mol. The van der Waals surface area contributed by atoms with Crippen LogP contribution in [0.4, 0.5) is 0 Å². The van der Waals surface area contributed by atoms with Crippen LogP contribution >= 0.6 is 0 Å². The van der Waals surface area contributed by atoms with E-state index in [9.17, 15) is 0 Å². The van der Waals surface area contributed by atoms with Gasteiger partial charge in [-0.3, -0.25) is 0 Å². The quantitative estimate of drug-likeness (QED) is 0.367. The van der Waals surface area contributed by atoms with Crippen molar-refractivity contribution >= 4 is 16.4 Å². The van der Waals surface area contributed by atoms with Crippen molar-refractivity contribution in [3.8, 4) is 28.8 Å². The second kappa shape index (κ2) is 8.98. The molecule has 156 valence electrons. The Morgan fingerprint density at radius 2 is 1.73 bits per heavy atom. The van der Waals surface area contributed by atoms with Crippen molar-refractivity contribution in [2.75, 3.05) is 20.3 Å². The standard InChI is InChI=1S/C23H26N4O3/c1-4-6-9-14-30-19-13-12-16(15-20(19)28-3)21-24-25-22-17-10-7-8-11-18(17)23(29-5-2)26-27(21)22/h7-8,10-13,15H,4-6,9,14H2,1-3H3. The molecule has 0 bridgehead atoms. The predicted octanol–water partition coefficient (Wildman–Crippen LogP) is 4.92. The van der Waals surface area contributed by atoms with Crippen LogP contribution in [0, 0.1) is 0 Å². The third-order valence-corrected chi connectivity index (χ3v) is 4.94. The van der Waals surface area contributed by atoms with Gasteiger partial charge in [0.15, 0.2) is 23.0 Å². The molecule has 0 N–H and O–H groups in total. The summed E-state index contributed by atoms with van der Waals surface area (Å²) < 4.78 is 19.0. The molecular weight excluding hydrogens is 380 g/mol. The van der Waals surface area contributed by atoms with Crippen LogP contribution in [0.15, 0.2) is 42.5 Å². The van der Waals surface area contributed by atoms with Crippen molar-refractivity contribution in [2.24, 2.45) is 0 Å². The molecule has 7 heteroatoms. The number of rotatable bonds is 9. The van der Waals surface area contributed by atoms with Crippen LogP contribution in [0.25, 0.3) is 27.8 Å². The van der Waals surface area contributed by atoms with Crippen LogP contribution in [0.1, 0.15) is 33.1 Å². The van der Waals surface area contributed by atoms with Gasteiger partial charge in [0.2, 0.25) is 5.88 Å². The van der Waals surface area contributed by atoms with Crippen molar-refractivity contribution in [3.63, 3.8) is 0 Å². The first kappa shape index (κ1) is 19.9. The van der Waals surface area contributed by atoms with E-state index >= 15 is 0 Å². The van der Waals surface area contributed by atoms with Gasteiger partial charge in [-0.2, -0.15) is 4.52 Å². The molecular formula is C23H26N4O3. The lowest BCUT2D eigenvalue weighted by Gasteiger charge is -2.12. The normalized spacial score (nSPS) is 11.2. The molecule has 0 atom stereocenters. The molecule has 0 unspecified atom stereocenters. The third-order valence-electron chi connectivity index (χ3n) is 4.94. The SMILES string of the molecule is CCCCCOc1ccc(-c2nnc3c4ccccc4c(OCC)nn23)cc1OC. The fourth-order valence-electron chi connectivity index (χ4n) is 3.44. The molecule has 0 fully saturated rings. The van der Waals surface area contributed by atoms with Crippen LogP contribution in [-0.2, 0) is 0 Å². The number of aromatic nitrogens is 4. The van der Waals surface area contributed by atoms with Crippen LogP contribution in [0.2, 0.25) is 0 Å². The lowest BCUT2D eigenvalue weighted by molar-refractivity contribution is 0.286. The number of nitrogens with zero attached hydrogens (tertiary/aromatic N) is 4. The summed E-state index contributed by atoms with van der Waals surface area (Å²) in [5.41, 5.74) is 1.52. The number of benzene rings is 2. The van der Waals surface area contributed by atoms with Gasteiger partial charge in [-0.05, 0) is 37.6 Å². The van der Waals surface area contributed by atoms with E-state index in [0.717, 1.165) is 41.3 Å². The van der Waals surface area contributed by atoms with E-state index in [1.54, 1.807) is 11.6 Å². The lowest BCUT2D eigenvalue weighted by Crippen LogP contribution is -2.03. The number of ether oxygens (including phenoxy) is 3. The first-order chi connectivity index (χ1) is 14.8. The van der Waals surface area contributed by atoms with Crippen LogP contribution < -0.4 is 14.2 Å². The summed E-state index contributed by atoms with van der Waals surface area (Å²) in [6.07, 6.45) is 3.33. The second-order valence-corrected chi connectivity index (χ2v) is 6.96. The minimum Gasteiger partial charge on any atom is -0.493 e. The Labute approximate surface area is 175 Å². The summed E-state index contributed by atoms with van der Waals surface area (Å²) in [6, 6.07) is 13.7. The zero-order chi connectivity index (χ0) is 20.9. The van der Waals surface area contributed by atoms with E-state index in [2.05, 4.69) is 22.2 Å². The highest BCUT2D eigenvalue weighted by molar-refractivity contribution is 5.97. The lowest BCUT2D eigenvalue weighted by atomic mass is 10.1. The van der Waals surface area contributed by atoms with Crippen molar-refractivity contribution in [2.45, 2.75) is 33.1 Å². The highest BCUT2D eigenvalue weighted by Gasteiger charge is 2.17. The van der Waals surface area contributed by atoms with Crippen molar-refractivity contribution in [3.05, 3.63) is 42.5 Å². The summed E-state index contributed by atoms with van der Waals surface area (Å²) in [7, 11) is 1.64. The van der Waals surface area contributed by atoms with Crippen LogP contribution in [0.5, 0.6) is 17.4 Å². The Morgan fingerprint density at radius 3 is 2.50 bits per heavy atom. The van der Waals surface area contributed by atoms with E-state index in [4.69, 9.17) is 14.2 Å². The number of methoxy groups -OCH3 is 1. The van der Waals surface area contributed by atoms with E-state index in [1.807, 2.05) is 49.4 Å². The van der Waals surface area contributed by atoms with Gasteiger partial charge in [-0.1, -0.05) is 38.0 Å². The zero-order valence-electron chi connectivity index (χ0n) is 17.6. The summed E-state index contributed by atoms with van der Waals surface area (Å²) in [5.74, 6) is 2.56. The molecule has 2 aromatic heterocycles. The van der Waals surface area contributed by atoms with E-state index in [-0.39, 0.29) is 0 Å². The van der Waals surface area contributed by atoms with Gasteiger partial charge in [-0.25, -0.2) is 0 Å². The molecule has 7 nitrogen and oxygen atoms in total. The molecule has 0 radical (unpaired) electrons. The van der Waals surface area contributed by atoms with Gasteiger partial charge in [0.05, 0.1) is 20.3 Å². The van der Waals surface area contributed by atoms with Gasteiger partial charge >= 0.3 is 0 Å². The Hall–Kier alpha value is -3.35. The maximum absolute atomic E-state index is 5.90. The molecule has 2 aromatic carbocycles. The monoisotopic (exact) mass is 406 g/mol. The molecule has 0 spiro atoms. The molecule has 30 heavy (non-hydrogen) atoms. The topological polar surface area (TPSA) is 70.8 Å². The minimum atomic E-state index is 0.526. The van der Waals surface area contributed by atoms with Crippen molar-refractivity contribution in [1.29, 1.82) is 0 Å². The molecule has 4 rings (SSSR count). The van der Waals surface area contributed by atoms with Gasteiger partial charge in [0, 0.05) is 16.3 Å². The average Bonchev–Trinajstić information content (AvgIpc) is 3.21. The molecule has 0 saturated heterocycles. The van der Waals surface area contributed by atoms with Crippen molar-refractivity contribution < 1.29 is 14.2 Å². The van der Waals surface area contributed by atoms with Crippen LogP contribution in [-0.4, -0.2) is 40.1 Å². The maximum Gasteiger partial charge on any atom is 0.239 e. The van der Waals surface area contributed by atoms with Crippen LogP contribution in [0.3, 0.4) is 0 Å². The Morgan fingerprint density at radius 1 is 0.900 bits per heavy atom. The molecule has 0 aliphatic carbocycles. The fourth-order valence-corrected chi connectivity index (χ4v) is 3.44. The van der Waals surface area contributed by atoms with E-state index in [0.29, 0.717) is 36.3 Å². The Bertz CT molecular complexity index is 1160. The largest absolute Gasteiger partial charge is 0.493 e. The third kappa shape index (κ3) is 3.75. The van der Waals surface area contributed by atoms with E-state index in [1.165, 1.54) is 0 Å². The van der Waals surface area contributed by atoms with Gasteiger partial charge in [0.1, 0.15) is 0 Å². The number of fused-ring (bicyclic) bond motifs is 3. The number of unbranched alkanes of at least 4 members (excludes halogenated alkanes) is 2. The molecule has 0 aliphatic heterocycles. The number of hydrogen-bond donors (Lipinski definition) is 0. The van der Waals surface area contributed by atoms with Gasteiger partial charge in [-0.15, -0.1) is 15.3 Å². The number of hydrogen-bond acceptors (Lipinski definition) is 6. The van der Waals surface area contributed by atoms with Crippen molar-refractivity contribution in [1.82, 2.24) is 19.8 Å². The van der Waals surface area contributed by atoms with E-state index < -0.39 is 0 Å². The maximum atomic E-state index is 5.90. The summed E-state index contributed by atoms with van der Waals surface area (Å²) in [4.78, 5) is 0. The molecule has 0 aliphatic rings. The second-order valence-electron chi connectivity index (χ2n) is 6.96. The summed E-state index contributed by atoms with van der Waals surface area (Å²) in [5, 5.41) is 15.3. The highest BCUT2D eigenvalue weighted by Crippen LogP contribution is 2.34. The molecule has 0 amide bonds. The van der Waals surface area contributed by atoms with Gasteiger partial charge in [0.25, 0.3) is 0 Å². The molecule has 0 saturated carbocycles. The first-order valence-electron chi connectivity index (χ1n) is 10.3. The highest BCUT2D eigenvalue weighted by atomic mass is 16.5. The molecule has 2 heterocycles. The van der Waals surface area contributed by atoms with Gasteiger partial charge < -0.3 is 14.2 Å². The molecule has 4 aromatic rings. The first-order valence-corrected chi connectivity index (χ1v) is 10.3. The predicted molar refractivity (Wildman–Crippen MR) is 116 cm³/mol. The Balaban J connectivity index is 1.76. The smallest absolute Gasteiger partial charge is 0.239 e. The zero-order valence-corrected chi connectivity index (χ0v) is 17.6. The minimum absolute atomic E-state index is 0.526. The fraction of sp³-hybridized carbons (Fsp3) is 0.348.